The maximum absolute atomic E-state index is 13.1. The van der Waals surface area contributed by atoms with E-state index in [0.29, 0.717) is 29.5 Å². The van der Waals surface area contributed by atoms with E-state index in [4.69, 9.17) is 0 Å². The molecule has 1 heteroatoms. The number of Topliss-reactive ketones (excluding diaryl/α,β-unsaturated/α-hetero) is 1. The van der Waals surface area contributed by atoms with Gasteiger partial charge >= 0.3 is 0 Å². The van der Waals surface area contributed by atoms with Gasteiger partial charge in [0.2, 0.25) is 0 Å². The second-order valence-corrected chi connectivity index (χ2v) is 14.5. The van der Waals surface area contributed by atoms with Gasteiger partial charge in [-0.1, -0.05) is 124 Å². The maximum Gasteiger partial charge on any atom is 0.133 e. The van der Waals surface area contributed by atoms with E-state index in [0.717, 1.165) is 25.7 Å². The molecular weight excluding hydrogens is 556 g/mol. The normalized spacial score (nSPS) is 21.6. The molecule has 0 bridgehead atoms. The number of ketones is 1. The van der Waals surface area contributed by atoms with Crippen molar-refractivity contribution in [3.63, 3.8) is 0 Å². The zero-order chi connectivity index (χ0) is 31.7. The van der Waals surface area contributed by atoms with Crippen LogP contribution in [-0.4, -0.2) is 5.78 Å². The van der Waals surface area contributed by atoms with E-state index < -0.39 is 0 Å². The third kappa shape index (κ3) is 8.47. The van der Waals surface area contributed by atoms with E-state index in [-0.39, 0.29) is 0 Å². The first-order chi connectivity index (χ1) is 22.6. The van der Waals surface area contributed by atoms with Gasteiger partial charge in [0.1, 0.15) is 5.78 Å². The lowest BCUT2D eigenvalue weighted by Crippen LogP contribution is -2.20. The Morgan fingerprint density at radius 1 is 0.457 bits per heavy atom. The fourth-order valence-electron chi connectivity index (χ4n) is 8.33. The number of aryl methyl sites for hydroxylation is 2. The van der Waals surface area contributed by atoms with Crippen LogP contribution in [0.1, 0.15) is 125 Å². The number of hydrogen-bond acceptors (Lipinski definition) is 1. The van der Waals surface area contributed by atoms with Crippen molar-refractivity contribution in [2.75, 3.05) is 0 Å². The molecule has 2 fully saturated rings. The summed E-state index contributed by atoms with van der Waals surface area (Å²) in [6.07, 6.45) is 16.0. The molecule has 46 heavy (non-hydrogen) atoms. The van der Waals surface area contributed by atoms with Crippen LogP contribution in [0.3, 0.4) is 0 Å². The lowest BCUT2D eigenvalue weighted by Gasteiger charge is -2.30. The number of rotatable bonds is 12. The maximum atomic E-state index is 13.1. The molecular formula is C45H54O. The van der Waals surface area contributed by atoms with Crippen LogP contribution in [0.5, 0.6) is 0 Å². The van der Waals surface area contributed by atoms with Gasteiger partial charge in [-0.25, -0.2) is 0 Å². The number of hydrogen-bond donors (Lipinski definition) is 0. The molecule has 0 aliphatic heterocycles. The quantitative estimate of drug-likeness (QED) is 0.156. The molecule has 0 aromatic heterocycles. The van der Waals surface area contributed by atoms with Gasteiger partial charge in [-0.05, 0) is 132 Å². The number of benzene rings is 4. The van der Waals surface area contributed by atoms with Crippen LogP contribution in [-0.2, 0) is 17.6 Å². The highest BCUT2D eigenvalue weighted by molar-refractivity contribution is 5.79. The zero-order valence-corrected chi connectivity index (χ0v) is 28.4. The van der Waals surface area contributed by atoms with Crippen molar-refractivity contribution >= 4 is 5.78 Å². The smallest absolute Gasteiger partial charge is 0.133 e. The fourth-order valence-corrected chi connectivity index (χ4v) is 8.33. The summed E-state index contributed by atoms with van der Waals surface area (Å²) < 4.78 is 0. The van der Waals surface area contributed by atoms with Crippen LogP contribution >= 0.6 is 0 Å². The van der Waals surface area contributed by atoms with Gasteiger partial charge < -0.3 is 0 Å². The third-order valence-electron chi connectivity index (χ3n) is 11.1. The van der Waals surface area contributed by atoms with Crippen LogP contribution in [0, 0.1) is 11.8 Å². The van der Waals surface area contributed by atoms with Crippen LogP contribution < -0.4 is 0 Å². The highest BCUT2D eigenvalue weighted by Gasteiger charge is 2.27. The van der Waals surface area contributed by atoms with Gasteiger partial charge in [0.25, 0.3) is 0 Å². The van der Waals surface area contributed by atoms with E-state index >= 15 is 0 Å². The summed E-state index contributed by atoms with van der Waals surface area (Å²) in [4.78, 5) is 13.1. The molecule has 0 spiro atoms. The zero-order valence-electron chi connectivity index (χ0n) is 28.4. The van der Waals surface area contributed by atoms with E-state index in [1.54, 1.807) is 0 Å². The average Bonchev–Trinajstić information content (AvgIpc) is 3.10. The van der Waals surface area contributed by atoms with Gasteiger partial charge in [0, 0.05) is 12.8 Å². The molecule has 6 rings (SSSR count). The summed E-state index contributed by atoms with van der Waals surface area (Å²) in [6, 6.07) is 36.8. The molecule has 0 N–H and O–H groups in total. The minimum Gasteiger partial charge on any atom is -0.300 e. The lowest BCUT2D eigenvalue weighted by atomic mass is 9.74. The monoisotopic (exact) mass is 610 g/mol. The Morgan fingerprint density at radius 2 is 0.761 bits per heavy atom. The van der Waals surface area contributed by atoms with Crippen molar-refractivity contribution in [1.82, 2.24) is 0 Å². The van der Waals surface area contributed by atoms with Crippen molar-refractivity contribution in [2.45, 2.75) is 116 Å². The highest BCUT2D eigenvalue weighted by atomic mass is 16.1. The molecule has 0 amide bonds. The summed E-state index contributed by atoms with van der Waals surface area (Å²) in [5.41, 5.74) is 11.0. The Bertz CT molecular complexity index is 1380. The molecule has 0 atom stereocenters. The Morgan fingerprint density at radius 3 is 1.07 bits per heavy atom. The largest absolute Gasteiger partial charge is 0.300 e. The van der Waals surface area contributed by atoms with E-state index in [9.17, 15) is 4.79 Å². The Kier molecular flexibility index (Phi) is 11.2. The van der Waals surface area contributed by atoms with Crippen molar-refractivity contribution in [3.05, 3.63) is 119 Å². The lowest BCUT2D eigenvalue weighted by molar-refractivity contribution is -0.121. The molecule has 0 unspecified atom stereocenters. The van der Waals surface area contributed by atoms with Crippen molar-refractivity contribution in [3.8, 4) is 22.3 Å². The molecule has 2 saturated carbocycles. The topological polar surface area (TPSA) is 17.1 Å². The predicted octanol–water partition coefficient (Wildman–Crippen LogP) is 12.5. The predicted molar refractivity (Wildman–Crippen MR) is 195 cm³/mol. The van der Waals surface area contributed by atoms with Gasteiger partial charge in [0.15, 0.2) is 0 Å². The molecule has 0 heterocycles. The summed E-state index contributed by atoms with van der Waals surface area (Å²) in [6.45, 7) is 4.47. The van der Waals surface area contributed by atoms with Gasteiger partial charge in [0.05, 0.1) is 0 Å². The van der Waals surface area contributed by atoms with Crippen LogP contribution in [0.25, 0.3) is 22.3 Å². The van der Waals surface area contributed by atoms with Crippen LogP contribution in [0.15, 0.2) is 97.1 Å². The average molecular weight is 611 g/mol. The highest BCUT2D eigenvalue weighted by Crippen LogP contribution is 2.40. The fraction of sp³-hybridized carbons (Fsp3) is 0.444. The van der Waals surface area contributed by atoms with Crippen LogP contribution in [0.4, 0.5) is 0 Å². The van der Waals surface area contributed by atoms with Gasteiger partial charge in [-0.2, -0.15) is 0 Å². The SMILES string of the molecule is CCCc1ccc(-c2ccc(C3CCC(CC(=O)C[C@H]4CC[C@H](c5ccc(-c6ccc(CCC)cc6)cc5)CC4)CC3)cc2)cc1. The number of carbonyl (C=O) groups excluding carboxylic acids is 1. The first-order valence-corrected chi connectivity index (χ1v) is 18.5. The molecule has 4 aromatic rings. The van der Waals surface area contributed by atoms with Gasteiger partial charge in [-0.15, -0.1) is 0 Å². The Labute approximate surface area is 278 Å². The second-order valence-electron chi connectivity index (χ2n) is 14.5. The Hall–Kier alpha value is -3.45. The minimum atomic E-state index is 0.524. The molecule has 0 saturated heterocycles. The standard InChI is InChI=1S/C45H54O/c1-3-5-33-7-15-37(16-8-33)41-23-27-43(28-24-41)39-19-11-35(12-20-39)31-45(46)32-36-13-21-40(22-14-36)44-29-25-42(26-30-44)38-17-9-34(6-4-2)10-18-38/h7-10,15-18,23-30,35-36,39-40H,3-6,11-14,19-22,31-32H2,1-2H3/t35-,36?,39-,40?. The molecule has 1 nitrogen and oxygen atoms in total. The van der Waals surface area contributed by atoms with E-state index in [1.165, 1.54) is 109 Å². The summed E-state index contributed by atoms with van der Waals surface area (Å²) in [5, 5.41) is 0. The first kappa shape index (κ1) is 32.5. The Balaban J connectivity index is 0.910. The molecule has 240 valence electrons. The second kappa shape index (κ2) is 15.9. The summed E-state index contributed by atoms with van der Waals surface area (Å²) >= 11 is 0. The van der Waals surface area contributed by atoms with E-state index in [1.807, 2.05) is 0 Å². The summed E-state index contributed by atoms with van der Waals surface area (Å²) in [5.74, 6) is 2.98. The molecule has 0 radical (unpaired) electrons. The van der Waals surface area contributed by atoms with Crippen LogP contribution in [0.2, 0.25) is 0 Å². The minimum absolute atomic E-state index is 0.524. The molecule has 2 aliphatic carbocycles. The number of carbonyl (C=O) groups is 1. The van der Waals surface area contributed by atoms with E-state index in [2.05, 4.69) is 111 Å². The van der Waals surface area contributed by atoms with Crippen molar-refractivity contribution in [2.24, 2.45) is 11.8 Å². The van der Waals surface area contributed by atoms with Crippen molar-refractivity contribution < 1.29 is 4.79 Å². The molecule has 4 aromatic carbocycles. The third-order valence-corrected chi connectivity index (χ3v) is 11.1. The summed E-state index contributed by atoms with van der Waals surface area (Å²) in [7, 11) is 0. The van der Waals surface area contributed by atoms with Gasteiger partial charge in [-0.3, -0.25) is 4.79 Å². The molecule has 2 aliphatic rings. The first-order valence-electron chi connectivity index (χ1n) is 18.5. The van der Waals surface area contributed by atoms with Crippen molar-refractivity contribution in [1.29, 1.82) is 0 Å².